The highest BCUT2D eigenvalue weighted by molar-refractivity contribution is 5.94. The lowest BCUT2D eigenvalue weighted by molar-refractivity contribution is 0.236. The summed E-state index contributed by atoms with van der Waals surface area (Å²) in [4.78, 5) is 0. The second-order valence-electron chi connectivity index (χ2n) is 8.13. The largest absolute Gasteiger partial charge is 0.497 e. The Hall–Kier alpha value is -4.44. The molecule has 0 aliphatic rings. The fourth-order valence-corrected chi connectivity index (χ4v) is 4.32. The van der Waals surface area contributed by atoms with Gasteiger partial charge in [0.05, 0.1) is 25.0 Å². The Morgan fingerprint density at radius 3 is 1.56 bits per heavy atom. The van der Waals surface area contributed by atoms with Crippen LogP contribution >= 0.6 is 0 Å². The third-order valence-electron chi connectivity index (χ3n) is 6.03. The topological polar surface area (TPSA) is 36.9 Å². The van der Waals surface area contributed by atoms with Crippen molar-refractivity contribution in [1.29, 1.82) is 0 Å². The molecule has 0 aliphatic heterocycles. The van der Waals surface area contributed by atoms with Gasteiger partial charge < -0.3 is 18.9 Å². The maximum Gasteiger partial charge on any atom is 0.113 e. The molecule has 0 amide bonds. The van der Waals surface area contributed by atoms with E-state index in [1.54, 1.807) is 6.26 Å². The van der Waals surface area contributed by atoms with Crippen LogP contribution in [0, 0.1) is 0 Å². The predicted molar refractivity (Wildman–Crippen MR) is 147 cm³/mol. The Morgan fingerprint density at radius 2 is 0.944 bits per heavy atom. The van der Waals surface area contributed by atoms with Gasteiger partial charge >= 0.3 is 0 Å². The minimum atomic E-state index is 0.422. The van der Waals surface area contributed by atoms with Gasteiger partial charge in [0.25, 0.3) is 0 Å². The summed E-state index contributed by atoms with van der Waals surface area (Å²) in [5.74, 6) is 0. The Balaban J connectivity index is 1.61. The molecule has 36 heavy (non-hydrogen) atoms. The van der Waals surface area contributed by atoms with Gasteiger partial charge in [-0.2, -0.15) is 0 Å². The molecule has 0 aromatic heterocycles. The highest BCUT2D eigenvalue weighted by Gasteiger charge is 2.10. The highest BCUT2D eigenvalue weighted by atomic mass is 16.5. The number of hydrogen-bond donors (Lipinski definition) is 0. The standard InChI is InChI=1S/C32H30O4/c1-4-33-20-24-10-9-13-32-30(24)17-16-27(22-35-6-3)31(32)18-19-36-23-26-15-14-25(21-34-5-2)28-11-7-8-12-29(26)28/h4-19H,1-3,20-23H2/b19-18+. The SMILES string of the molecule is C=COCc1ccc2c(COC=C)cccc2c1/C=C/OCc1ccc(COC=C)c2ccccc12. The van der Waals surface area contributed by atoms with Crippen molar-refractivity contribution in [1.82, 2.24) is 0 Å². The second-order valence-corrected chi connectivity index (χ2v) is 8.13. The number of benzene rings is 4. The predicted octanol–water partition coefficient (Wildman–Crippen LogP) is 8.16. The Labute approximate surface area is 212 Å². The molecule has 182 valence electrons. The summed E-state index contributed by atoms with van der Waals surface area (Å²) < 4.78 is 22.4. The van der Waals surface area contributed by atoms with E-state index in [0.29, 0.717) is 26.4 Å². The van der Waals surface area contributed by atoms with Crippen LogP contribution in [-0.4, -0.2) is 0 Å². The molecule has 4 aromatic rings. The van der Waals surface area contributed by atoms with Crippen molar-refractivity contribution < 1.29 is 18.9 Å². The molecule has 0 heterocycles. The number of fused-ring (bicyclic) bond motifs is 2. The van der Waals surface area contributed by atoms with E-state index in [0.717, 1.165) is 49.4 Å². The first-order valence-electron chi connectivity index (χ1n) is 11.8. The van der Waals surface area contributed by atoms with Gasteiger partial charge in [-0.25, -0.2) is 0 Å². The van der Waals surface area contributed by atoms with E-state index in [2.05, 4.69) is 68.3 Å². The van der Waals surface area contributed by atoms with Crippen LogP contribution in [0.3, 0.4) is 0 Å². The van der Waals surface area contributed by atoms with Gasteiger partial charge in [0, 0.05) is 0 Å². The van der Waals surface area contributed by atoms with Gasteiger partial charge in [-0.15, -0.1) is 0 Å². The summed E-state index contributed by atoms with van der Waals surface area (Å²) in [7, 11) is 0. The van der Waals surface area contributed by atoms with E-state index < -0.39 is 0 Å². The normalized spacial score (nSPS) is 10.9. The fourth-order valence-electron chi connectivity index (χ4n) is 4.32. The minimum absolute atomic E-state index is 0.422. The molecule has 0 saturated heterocycles. The van der Waals surface area contributed by atoms with Gasteiger partial charge in [-0.3, -0.25) is 0 Å². The molecule has 4 heteroatoms. The molecule has 0 radical (unpaired) electrons. The van der Waals surface area contributed by atoms with Crippen LogP contribution in [0.25, 0.3) is 27.6 Å². The molecule has 0 atom stereocenters. The van der Waals surface area contributed by atoms with Crippen LogP contribution in [-0.2, 0) is 45.4 Å². The zero-order valence-electron chi connectivity index (χ0n) is 20.3. The van der Waals surface area contributed by atoms with Crippen LogP contribution in [0.1, 0.15) is 27.8 Å². The maximum absolute atomic E-state index is 6.03. The number of hydrogen-bond acceptors (Lipinski definition) is 4. The van der Waals surface area contributed by atoms with Crippen molar-refractivity contribution in [3.05, 3.63) is 139 Å². The summed E-state index contributed by atoms with van der Waals surface area (Å²) in [6.45, 7) is 12.8. The van der Waals surface area contributed by atoms with E-state index in [4.69, 9.17) is 18.9 Å². The monoisotopic (exact) mass is 478 g/mol. The molecule has 4 aromatic carbocycles. The van der Waals surface area contributed by atoms with Crippen molar-refractivity contribution in [2.75, 3.05) is 0 Å². The Morgan fingerprint density at radius 1 is 0.472 bits per heavy atom. The molecule has 0 aliphatic carbocycles. The number of ether oxygens (including phenoxy) is 4. The third-order valence-corrected chi connectivity index (χ3v) is 6.03. The molecule has 0 fully saturated rings. The molecule has 0 spiro atoms. The average Bonchev–Trinajstić information content (AvgIpc) is 2.92. The lowest BCUT2D eigenvalue weighted by Gasteiger charge is -2.13. The minimum Gasteiger partial charge on any atom is -0.497 e. The van der Waals surface area contributed by atoms with Crippen LogP contribution in [0.2, 0.25) is 0 Å². The van der Waals surface area contributed by atoms with Crippen molar-refractivity contribution in [3.8, 4) is 0 Å². The molecule has 4 rings (SSSR count). The summed E-state index contributed by atoms with van der Waals surface area (Å²) >= 11 is 0. The summed E-state index contributed by atoms with van der Waals surface area (Å²) in [6, 6.07) is 22.8. The smallest absolute Gasteiger partial charge is 0.113 e. The molecular formula is C32H30O4. The molecule has 0 saturated carbocycles. The lowest BCUT2D eigenvalue weighted by atomic mass is 9.96. The summed E-state index contributed by atoms with van der Waals surface area (Å²) in [5.41, 5.74) is 5.39. The maximum atomic E-state index is 6.03. The zero-order valence-corrected chi connectivity index (χ0v) is 20.3. The molecule has 0 bridgehead atoms. The van der Waals surface area contributed by atoms with E-state index in [-0.39, 0.29) is 0 Å². The highest BCUT2D eigenvalue weighted by Crippen LogP contribution is 2.29. The van der Waals surface area contributed by atoms with Crippen molar-refractivity contribution in [3.63, 3.8) is 0 Å². The molecule has 4 nitrogen and oxygen atoms in total. The van der Waals surface area contributed by atoms with Gasteiger partial charge in [-0.05, 0) is 55.4 Å². The fraction of sp³-hybridized carbons (Fsp3) is 0.125. The van der Waals surface area contributed by atoms with Crippen LogP contribution in [0.5, 0.6) is 0 Å². The Kier molecular flexibility index (Phi) is 8.44. The quantitative estimate of drug-likeness (QED) is 0.182. The van der Waals surface area contributed by atoms with Crippen LogP contribution < -0.4 is 0 Å². The first-order valence-corrected chi connectivity index (χ1v) is 11.8. The molecule has 0 N–H and O–H groups in total. The molecular weight excluding hydrogens is 448 g/mol. The van der Waals surface area contributed by atoms with Crippen LogP contribution in [0.4, 0.5) is 0 Å². The summed E-state index contributed by atoms with van der Waals surface area (Å²) in [5, 5.41) is 4.51. The van der Waals surface area contributed by atoms with E-state index in [1.807, 2.05) is 24.3 Å². The van der Waals surface area contributed by atoms with Gasteiger partial charge in [-0.1, -0.05) is 86.5 Å². The average molecular weight is 479 g/mol. The van der Waals surface area contributed by atoms with Crippen molar-refractivity contribution in [2.24, 2.45) is 0 Å². The second kappa shape index (κ2) is 12.3. The number of rotatable bonds is 13. The van der Waals surface area contributed by atoms with Crippen LogP contribution in [0.15, 0.2) is 112 Å². The van der Waals surface area contributed by atoms with E-state index in [1.165, 1.54) is 18.8 Å². The van der Waals surface area contributed by atoms with Gasteiger partial charge in [0.15, 0.2) is 0 Å². The van der Waals surface area contributed by atoms with E-state index in [9.17, 15) is 0 Å². The van der Waals surface area contributed by atoms with Crippen molar-refractivity contribution in [2.45, 2.75) is 26.4 Å². The first-order chi connectivity index (χ1) is 17.8. The third kappa shape index (κ3) is 5.61. The zero-order chi connectivity index (χ0) is 25.2. The van der Waals surface area contributed by atoms with Gasteiger partial charge in [0.2, 0.25) is 0 Å². The van der Waals surface area contributed by atoms with Crippen molar-refractivity contribution >= 4 is 27.6 Å². The summed E-state index contributed by atoms with van der Waals surface area (Å²) in [6.07, 6.45) is 8.13. The van der Waals surface area contributed by atoms with E-state index >= 15 is 0 Å². The Bertz CT molecular complexity index is 1400. The van der Waals surface area contributed by atoms with Gasteiger partial charge in [0.1, 0.15) is 26.4 Å². The molecule has 0 unspecified atom stereocenters. The lowest BCUT2D eigenvalue weighted by Crippen LogP contribution is -1.96. The first kappa shape index (κ1) is 24.7.